The van der Waals surface area contributed by atoms with Crippen LogP contribution in [0.4, 0.5) is 0 Å². The van der Waals surface area contributed by atoms with Crippen LogP contribution in [-0.2, 0) is 6.54 Å². The summed E-state index contributed by atoms with van der Waals surface area (Å²) >= 11 is 0. The van der Waals surface area contributed by atoms with Gasteiger partial charge in [0.15, 0.2) is 0 Å². The highest BCUT2D eigenvalue weighted by Gasteiger charge is 2.22. The minimum absolute atomic E-state index is 0.811. The molecule has 3 nitrogen and oxygen atoms in total. The molecule has 0 aromatic carbocycles. The van der Waals surface area contributed by atoms with Gasteiger partial charge in [-0.25, -0.2) is 4.98 Å². The van der Waals surface area contributed by atoms with Gasteiger partial charge in [0.1, 0.15) is 5.65 Å². The maximum Gasteiger partial charge on any atom is 0.137 e. The number of nitrogens with zero attached hydrogens (tertiary/aromatic N) is 3. The van der Waals surface area contributed by atoms with Crippen molar-refractivity contribution in [2.75, 3.05) is 13.1 Å². The molecule has 96 valence electrons. The smallest absolute Gasteiger partial charge is 0.137 e. The Morgan fingerprint density at radius 1 is 1.22 bits per heavy atom. The lowest BCUT2D eigenvalue weighted by atomic mass is 9.92. The molecule has 1 aliphatic rings. The van der Waals surface area contributed by atoms with Crippen molar-refractivity contribution in [3.05, 3.63) is 36.3 Å². The monoisotopic (exact) mass is 243 g/mol. The molecule has 2 atom stereocenters. The van der Waals surface area contributed by atoms with Gasteiger partial charge < -0.3 is 4.40 Å². The molecule has 0 radical (unpaired) electrons. The quantitative estimate of drug-likeness (QED) is 0.808. The molecule has 1 aliphatic heterocycles. The first-order valence-corrected chi connectivity index (χ1v) is 6.85. The highest BCUT2D eigenvalue weighted by atomic mass is 15.2. The molecular weight excluding hydrogens is 222 g/mol. The van der Waals surface area contributed by atoms with Gasteiger partial charge in [-0.15, -0.1) is 0 Å². The fourth-order valence-corrected chi connectivity index (χ4v) is 3.21. The second-order valence-electron chi connectivity index (χ2n) is 5.84. The van der Waals surface area contributed by atoms with Gasteiger partial charge in [-0.05, 0) is 30.4 Å². The maximum atomic E-state index is 4.68. The van der Waals surface area contributed by atoms with Crippen LogP contribution < -0.4 is 0 Å². The Balaban J connectivity index is 1.75. The van der Waals surface area contributed by atoms with E-state index >= 15 is 0 Å². The number of likely N-dealkylation sites (tertiary alicyclic amines) is 1. The average molecular weight is 243 g/mol. The lowest BCUT2D eigenvalue weighted by Crippen LogP contribution is -2.38. The second kappa shape index (κ2) is 4.73. The zero-order chi connectivity index (χ0) is 12.5. The van der Waals surface area contributed by atoms with E-state index in [2.05, 4.69) is 46.6 Å². The summed E-state index contributed by atoms with van der Waals surface area (Å²) in [4.78, 5) is 7.22. The zero-order valence-corrected chi connectivity index (χ0v) is 11.2. The van der Waals surface area contributed by atoms with Crippen molar-refractivity contribution in [1.82, 2.24) is 14.3 Å². The van der Waals surface area contributed by atoms with Crippen molar-refractivity contribution in [1.29, 1.82) is 0 Å². The highest BCUT2D eigenvalue weighted by molar-refractivity contribution is 5.39. The Bertz CT molecular complexity index is 488. The van der Waals surface area contributed by atoms with Gasteiger partial charge in [0.2, 0.25) is 0 Å². The number of hydrogen-bond donors (Lipinski definition) is 0. The molecule has 2 aromatic heterocycles. The van der Waals surface area contributed by atoms with Crippen LogP contribution in [0.3, 0.4) is 0 Å². The molecule has 3 heterocycles. The Morgan fingerprint density at radius 2 is 2.00 bits per heavy atom. The summed E-state index contributed by atoms with van der Waals surface area (Å²) in [6, 6.07) is 6.14. The average Bonchev–Trinajstić information content (AvgIpc) is 2.69. The van der Waals surface area contributed by atoms with Gasteiger partial charge in [-0.2, -0.15) is 0 Å². The second-order valence-corrected chi connectivity index (χ2v) is 5.84. The van der Waals surface area contributed by atoms with E-state index in [1.54, 1.807) is 0 Å². The van der Waals surface area contributed by atoms with E-state index in [4.69, 9.17) is 0 Å². The predicted octanol–water partition coefficient (Wildman–Crippen LogP) is 2.81. The molecule has 0 amide bonds. The molecule has 1 fully saturated rings. The fourth-order valence-electron chi connectivity index (χ4n) is 3.21. The van der Waals surface area contributed by atoms with Gasteiger partial charge in [0, 0.05) is 32.0 Å². The third kappa shape index (κ3) is 2.41. The molecule has 0 aliphatic carbocycles. The number of fused-ring (bicyclic) bond motifs is 1. The van der Waals surface area contributed by atoms with Crippen LogP contribution >= 0.6 is 0 Å². The molecule has 18 heavy (non-hydrogen) atoms. The van der Waals surface area contributed by atoms with E-state index in [1.807, 2.05) is 12.1 Å². The van der Waals surface area contributed by atoms with Crippen molar-refractivity contribution in [2.45, 2.75) is 26.8 Å². The fraction of sp³-hybridized carbons (Fsp3) is 0.533. The van der Waals surface area contributed by atoms with Crippen LogP contribution in [0.5, 0.6) is 0 Å². The van der Waals surface area contributed by atoms with Crippen molar-refractivity contribution < 1.29 is 0 Å². The molecule has 0 saturated carbocycles. The van der Waals surface area contributed by atoms with Crippen LogP contribution in [0.15, 0.2) is 30.6 Å². The minimum Gasteiger partial charge on any atom is -0.307 e. The van der Waals surface area contributed by atoms with Gasteiger partial charge in [0.25, 0.3) is 0 Å². The lowest BCUT2D eigenvalue weighted by molar-refractivity contribution is 0.133. The molecule has 0 bridgehead atoms. The highest BCUT2D eigenvalue weighted by Crippen LogP contribution is 2.22. The summed E-state index contributed by atoms with van der Waals surface area (Å²) in [5.74, 6) is 1.62. The molecule has 3 rings (SSSR count). The first-order valence-electron chi connectivity index (χ1n) is 6.85. The number of aromatic nitrogens is 2. The summed E-state index contributed by atoms with van der Waals surface area (Å²) in [6.07, 6.45) is 5.58. The Labute approximate surface area is 108 Å². The number of piperidine rings is 1. The van der Waals surface area contributed by atoms with Crippen molar-refractivity contribution in [3.8, 4) is 0 Å². The van der Waals surface area contributed by atoms with Crippen LogP contribution in [0, 0.1) is 11.8 Å². The Kier molecular flexibility index (Phi) is 3.08. The molecule has 2 unspecified atom stereocenters. The first-order chi connectivity index (χ1) is 8.70. The standard InChI is InChI=1S/C15H21N3/c1-12-7-13(2)9-17(8-12)10-14-11-18-6-4-3-5-15(18)16-14/h3-6,11-13H,7-10H2,1-2H3. The van der Waals surface area contributed by atoms with Crippen molar-refractivity contribution in [3.63, 3.8) is 0 Å². The summed E-state index contributed by atoms with van der Waals surface area (Å²) in [6.45, 7) is 8.10. The van der Waals surface area contributed by atoms with Crippen LogP contribution in [-0.4, -0.2) is 27.4 Å². The number of pyridine rings is 1. The SMILES string of the molecule is CC1CC(C)CN(Cc2cn3ccccc3n2)C1. The van der Waals surface area contributed by atoms with E-state index in [-0.39, 0.29) is 0 Å². The molecule has 2 aromatic rings. The van der Waals surface area contributed by atoms with E-state index in [0.717, 1.165) is 24.0 Å². The topological polar surface area (TPSA) is 20.5 Å². The normalized spacial score (nSPS) is 25.7. The maximum absolute atomic E-state index is 4.68. The summed E-state index contributed by atoms with van der Waals surface area (Å²) in [7, 11) is 0. The van der Waals surface area contributed by atoms with Gasteiger partial charge in [0.05, 0.1) is 5.69 Å². The number of imidazole rings is 1. The first kappa shape index (κ1) is 11.7. The minimum atomic E-state index is 0.811. The molecular formula is C15H21N3. The van der Waals surface area contributed by atoms with Gasteiger partial charge in [-0.1, -0.05) is 19.9 Å². The van der Waals surface area contributed by atoms with Crippen LogP contribution in [0.2, 0.25) is 0 Å². The van der Waals surface area contributed by atoms with Crippen LogP contribution in [0.1, 0.15) is 26.0 Å². The number of rotatable bonds is 2. The van der Waals surface area contributed by atoms with E-state index in [0.29, 0.717) is 0 Å². The zero-order valence-electron chi connectivity index (χ0n) is 11.2. The van der Waals surface area contributed by atoms with Gasteiger partial charge >= 0.3 is 0 Å². The van der Waals surface area contributed by atoms with E-state index in [1.165, 1.54) is 25.2 Å². The summed E-state index contributed by atoms with van der Waals surface area (Å²) in [5, 5.41) is 0. The Morgan fingerprint density at radius 3 is 2.72 bits per heavy atom. The van der Waals surface area contributed by atoms with E-state index in [9.17, 15) is 0 Å². The largest absolute Gasteiger partial charge is 0.307 e. The molecule has 3 heteroatoms. The summed E-state index contributed by atoms with van der Waals surface area (Å²) in [5.41, 5.74) is 2.23. The van der Waals surface area contributed by atoms with Crippen molar-refractivity contribution >= 4 is 5.65 Å². The number of hydrogen-bond acceptors (Lipinski definition) is 2. The third-order valence-corrected chi connectivity index (χ3v) is 3.74. The van der Waals surface area contributed by atoms with Crippen LogP contribution in [0.25, 0.3) is 5.65 Å². The van der Waals surface area contributed by atoms with E-state index < -0.39 is 0 Å². The predicted molar refractivity (Wildman–Crippen MR) is 73.4 cm³/mol. The molecule has 1 saturated heterocycles. The summed E-state index contributed by atoms with van der Waals surface area (Å²) < 4.78 is 2.10. The van der Waals surface area contributed by atoms with Crippen molar-refractivity contribution in [2.24, 2.45) is 11.8 Å². The molecule has 0 N–H and O–H groups in total. The molecule has 0 spiro atoms. The Hall–Kier alpha value is -1.35. The third-order valence-electron chi connectivity index (χ3n) is 3.74. The lowest BCUT2D eigenvalue weighted by Gasteiger charge is -2.34. The van der Waals surface area contributed by atoms with Gasteiger partial charge in [-0.3, -0.25) is 4.90 Å².